The van der Waals surface area contributed by atoms with E-state index in [1.807, 2.05) is 0 Å². The van der Waals surface area contributed by atoms with E-state index in [2.05, 4.69) is 18.9 Å². The first-order valence-electron chi connectivity index (χ1n) is 16.3. The van der Waals surface area contributed by atoms with Gasteiger partial charge in [-0.05, 0) is 59.7 Å². The molecule has 0 bridgehead atoms. The number of nitro benzene ring substituents is 2. The van der Waals surface area contributed by atoms with E-state index in [1.165, 1.54) is 58.8 Å². The highest BCUT2D eigenvalue weighted by Crippen LogP contribution is 2.22. The van der Waals surface area contributed by atoms with Gasteiger partial charge in [-0.15, -0.1) is 0 Å². The van der Waals surface area contributed by atoms with E-state index in [9.17, 15) is 49.0 Å². The largest absolute Gasteiger partial charge is 0.465 e. The van der Waals surface area contributed by atoms with Gasteiger partial charge in [0.15, 0.2) is 6.29 Å². The molecule has 0 aromatic heterocycles. The van der Waals surface area contributed by atoms with Gasteiger partial charge in [-0.2, -0.15) is 0 Å². The molecule has 4 aromatic rings. The predicted octanol–water partition coefficient (Wildman–Crippen LogP) is 3.69. The number of fused-ring (bicyclic) bond motifs is 1. The van der Waals surface area contributed by atoms with Gasteiger partial charge in [0, 0.05) is 23.4 Å². The number of nitrogens with zero attached hydrogens (tertiary/aromatic N) is 2. The zero-order chi connectivity index (χ0) is 43.5. The number of carbonyl (C=O) groups is 6. The van der Waals surface area contributed by atoms with Crippen LogP contribution in [0, 0.1) is 20.2 Å². The van der Waals surface area contributed by atoms with E-state index >= 15 is 0 Å². The lowest BCUT2D eigenvalue weighted by Crippen LogP contribution is -2.17. The van der Waals surface area contributed by atoms with Gasteiger partial charge < -0.3 is 39.6 Å². The third kappa shape index (κ3) is 13.0. The lowest BCUT2D eigenvalue weighted by atomic mass is 10.00. The lowest BCUT2D eigenvalue weighted by Gasteiger charge is -2.16. The standard InChI is InChI=1S/C11H10O4.C9H9NO5.C9H7NO5.C9H11NO3/c1-14-11(13)7-2-3-8-6-15-10(12)5-9(8)4-7;2*1-15-9(12)6-2-3-7(5-11)8(4-6)10(13)14;1-13-9(12)6-2-3-7(5-11)8(10)4-6/h2-4H,5-6H2,1H3;2-4,11H,5H2,1H3;2-5H,1H3;2-4,11H,5,10H2,1H3. The number of hydrogen-bond donors (Lipinski definition) is 3. The molecule has 0 unspecified atom stereocenters. The first-order chi connectivity index (χ1) is 27.6. The fraction of sp³-hybridized carbons (Fsp3) is 0.211. The molecule has 58 heavy (non-hydrogen) atoms. The van der Waals surface area contributed by atoms with Crippen molar-refractivity contribution in [2.75, 3.05) is 34.2 Å². The molecule has 0 radical (unpaired) electrons. The van der Waals surface area contributed by atoms with Crippen LogP contribution in [0.2, 0.25) is 0 Å². The van der Waals surface area contributed by atoms with Gasteiger partial charge in [0.25, 0.3) is 11.4 Å². The number of ether oxygens (including phenoxy) is 5. The van der Waals surface area contributed by atoms with Crippen molar-refractivity contribution in [2.45, 2.75) is 26.2 Å². The fourth-order valence-corrected chi connectivity index (χ4v) is 4.68. The Kier molecular flexibility index (Phi) is 18.2. The predicted molar refractivity (Wildman–Crippen MR) is 200 cm³/mol. The number of nitro groups is 2. The number of methoxy groups -OCH3 is 4. The number of aliphatic hydroxyl groups excluding tert-OH is 2. The van der Waals surface area contributed by atoms with E-state index in [1.54, 1.807) is 30.3 Å². The molecule has 1 aliphatic heterocycles. The molecule has 0 amide bonds. The summed E-state index contributed by atoms with van der Waals surface area (Å²) < 4.78 is 22.8. The maximum absolute atomic E-state index is 11.2. The molecule has 20 nitrogen and oxygen atoms in total. The Balaban J connectivity index is 0.000000267. The number of hydrogen-bond acceptors (Lipinski definition) is 18. The van der Waals surface area contributed by atoms with Crippen LogP contribution in [0.4, 0.5) is 17.1 Å². The molecule has 0 atom stereocenters. The quantitative estimate of drug-likeness (QED) is 0.0542. The van der Waals surface area contributed by atoms with Crippen molar-refractivity contribution in [3.05, 3.63) is 143 Å². The molecular weight excluding hydrogens is 770 g/mol. The van der Waals surface area contributed by atoms with Crippen LogP contribution < -0.4 is 5.73 Å². The van der Waals surface area contributed by atoms with Crippen molar-refractivity contribution < 1.29 is 72.5 Å². The molecule has 0 saturated carbocycles. The van der Waals surface area contributed by atoms with Crippen LogP contribution in [-0.4, -0.2) is 84.6 Å². The monoisotopic (exact) mass is 807 g/mol. The normalized spacial score (nSPS) is 10.8. The summed E-state index contributed by atoms with van der Waals surface area (Å²) in [4.78, 5) is 85.6. The molecule has 1 heterocycles. The van der Waals surface area contributed by atoms with Crippen molar-refractivity contribution in [3.8, 4) is 0 Å². The first kappa shape index (κ1) is 46.6. The Hall–Kier alpha value is -7.58. The Labute approximate surface area is 328 Å². The van der Waals surface area contributed by atoms with Crippen molar-refractivity contribution in [1.82, 2.24) is 0 Å². The number of cyclic esters (lactones) is 1. The molecule has 306 valence electrons. The maximum atomic E-state index is 11.2. The number of nitrogens with two attached hydrogens (primary N) is 1. The summed E-state index contributed by atoms with van der Waals surface area (Å²) in [5.41, 5.74) is 8.70. The van der Waals surface area contributed by atoms with Crippen molar-refractivity contribution in [1.29, 1.82) is 0 Å². The number of nitrogen functional groups attached to an aromatic ring is 1. The van der Waals surface area contributed by atoms with Crippen molar-refractivity contribution >= 4 is 53.2 Å². The zero-order valence-electron chi connectivity index (χ0n) is 31.3. The number of carbonyl (C=O) groups excluding carboxylic acids is 6. The van der Waals surface area contributed by atoms with Gasteiger partial charge in [-0.3, -0.25) is 29.8 Å². The van der Waals surface area contributed by atoms with E-state index in [4.69, 9.17) is 20.7 Å². The number of esters is 5. The lowest BCUT2D eigenvalue weighted by molar-refractivity contribution is -0.385. The average Bonchev–Trinajstić information content (AvgIpc) is 3.24. The van der Waals surface area contributed by atoms with E-state index in [0.717, 1.165) is 23.3 Å². The minimum Gasteiger partial charge on any atom is -0.465 e. The van der Waals surface area contributed by atoms with E-state index in [0.29, 0.717) is 28.7 Å². The highest BCUT2D eigenvalue weighted by molar-refractivity contribution is 5.93. The van der Waals surface area contributed by atoms with Gasteiger partial charge >= 0.3 is 29.8 Å². The highest BCUT2D eigenvalue weighted by Gasteiger charge is 2.20. The molecule has 0 fully saturated rings. The fourth-order valence-electron chi connectivity index (χ4n) is 4.68. The van der Waals surface area contributed by atoms with Gasteiger partial charge in [-0.25, -0.2) is 19.2 Å². The average molecular weight is 808 g/mol. The third-order valence-electron chi connectivity index (χ3n) is 7.74. The number of aldehydes is 1. The van der Waals surface area contributed by atoms with Crippen molar-refractivity contribution in [3.63, 3.8) is 0 Å². The zero-order valence-corrected chi connectivity index (χ0v) is 31.3. The molecule has 1 aliphatic rings. The summed E-state index contributed by atoms with van der Waals surface area (Å²) >= 11 is 0. The summed E-state index contributed by atoms with van der Waals surface area (Å²) in [5.74, 6) is -2.42. The Morgan fingerprint density at radius 2 is 1.10 bits per heavy atom. The SMILES string of the molecule is COC(=O)c1ccc(C=O)c([N+](=O)[O-])c1.COC(=O)c1ccc(CO)c(N)c1.COC(=O)c1ccc(CO)c([N+](=O)[O-])c1.COC(=O)c1ccc2c(c1)CC(=O)OC2. The molecule has 4 N–H and O–H groups in total. The van der Waals surface area contributed by atoms with Crippen LogP contribution in [0.25, 0.3) is 0 Å². The second kappa shape index (κ2) is 22.7. The highest BCUT2D eigenvalue weighted by atomic mass is 16.6. The number of aliphatic hydroxyl groups is 2. The second-order valence-electron chi connectivity index (χ2n) is 11.3. The Morgan fingerprint density at radius 1 is 0.672 bits per heavy atom. The minimum absolute atomic E-state index is 0.0369. The van der Waals surface area contributed by atoms with E-state index < -0.39 is 46.0 Å². The number of anilines is 1. The van der Waals surface area contributed by atoms with Gasteiger partial charge in [0.2, 0.25) is 0 Å². The summed E-state index contributed by atoms with van der Waals surface area (Å²) in [6, 6.07) is 17.1. The van der Waals surface area contributed by atoms with Crippen LogP contribution in [0.5, 0.6) is 0 Å². The van der Waals surface area contributed by atoms with Gasteiger partial charge in [-0.1, -0.05) is 12.1 Å². The summed E-state index contributed by atoms with van der Waals surface area (Å²) in [7, 11) is 4.99. The molecule has 0 saturated heterocycles. The summed E-state index contributed by atoms with van der Waals surface area (Å²) in [5, 5.41) is 38.8. The molecule has 0 spiro atoms. The third-order valence-corrected chi connectivity index (χ3v) is 7.74. The van der Waals surface area contributed by atoms with Gasteiger partial charge in [0.1, 0.15) is 6.61 Å². The van der Waals surface area contributed by atoms with Crippen LogP contribution in [0.3, 0.4) is 0 Å². The molecule has 5 rings (SSSR count). The van der Waals surface area contributed by atoms with Crippen LogP contribution >= 0.6 is 0 Å². The van der Waals surface area contributed by atoms with E-state index in [-0.39, 0.29) is 53.5 Å². The topological polar surface area (TPSA) is 301 Å². The molecule has 20 heteroatoms. The Bertz CT molecular complexity index is 2190. The maximum Gasteiger partial charge on any atom is 0.338 e. The second-order valence-corrected chi connectivity index (χ2v) is 11.3. The van der Waals surface area contributed by atoms with Crippen LogP contribution in [0.1, 0.15) is 74.0 Å². The first-order valence-corrected chi connectivity index (χ1v) is 16.3. The number of benzene rings is 4. The molecule has 4 aromatic carbocycles. The molecular formula is C38H37N3O17. The van der Waals surface area contributed by atoms with Crippen LogP contribution in [0.15, 0.2) is 72.8 Å². The minimum atomic E-state index is -0.726. The van der Waals surface area contributed by atoms with Gasteiger partial charge in [0.05, 0.1) is 91.3 Å². The Morgan fingerprint density at radius 3 is 1.55 bits per heavy atom. The van der Waals surface area contributed by atoms with Crippen molar-refractivity contribution in [2.24, 2.45) is 0 Å². The summed E-state index contributed by atoms with van der Waals surface area (Å²) in [6.45, 7) is -0.291. The van der Waals surface area contributed by atoms with Crippen LogP contribution in [-0.2, 0) is 54.7 Å². The smallest absolute Gasteiger partial charge is 0.338 e. The number of rotatable bonds is 9. The molecule has 0 aliphatic carbocycles. The summed E-state index contributed by atoms with van der Waals surface area (Å²) in [6.07, 6.45) is 0.583.